The van der Waals surface area contributed by atoms with Crippen molar-refractivity contribution < 1.29 is 13.2 Å². The number of amides is 1. The lowest BCUT2D eigenvalue weighted by Gasteiger charge is -2.07. The standard InChI is InChI=1S/C18H21N3O3S/c1-13-4-8-16(9-5-13)19-12-18(22)21-20-14(2)15-6-10-17(11-7-15)25(3,23)24/h4-11,19H,12H2,1-3H3,(H,21,22)/b20-14+. The summed E-state index contributed by atoms with van der Waals surface area (Å²) in [5.41, 5.74) is 5.81. The Labute approximate surface area is 147 Å². The molecule has 0 radical (unpaired) electrons. The quantitative estimate of drug-likeness (QED) is 0.612. The van der Waals surface area contributed by atoms with E-state index < -0.39 is 9.84 Å². The van der Waals surface area contributed by atoms with Crippen LogP contribution in [0.5, 0.6) is 0 Å². The zero-order chi connectivity index (χ0) is 18.4. The molecule has 0 unspecified atom stereocenters. The van der Waals surface area contributed by atoms with Crippen LogP contribution in [0, 0.1) is 6.92 Å². The van der Waals surface area contributed by atoms with Crippen LogP contribution in [0.15, 0.2) is 58.5 Å². The smallest absolute Gasteiger partial charge is 0.259 e. The molecule has 0 saturated heterocycles. The molecule has 2 aromatic carbocycles. The number of nitrogens with one attached hydrogen (secondary N) is 2. The zero-order valence-corrected chi connectivity index (χ0v) is 15.2. The number of aryl methyl sites for hydroxylation is 1. The van der Waals surface area contributed by atoms with Gasteiger partial charge in [-0.25, -0.2) is 13.8 Å². The lowest BCUT2D eigenvalue weighted by molar-refractivity contribution is -0.119. The Balaban J connectivity index is 1.91. The van der Waals surface area contributed by atoms with Gasteiger partial charge in [-0.15, -0.1) is 0 Å². The molecular weight excluding hydrogens is 338 g/mol. The average Bonchev–Trinajstić information content (AvgIpc) is 2.58. The Bertz CT molecular complexity index is 871. The second kappa shape index (κ2) is 7.94. The number of carbonyl (C=O) groups excluding carboxylic acids is 1. The van der Waals surface area contributed by atoms with E-state index in [4.69, 9.17) is 0 Å². The molecule has 7 heteroatoms. The fraction of sp³-hybridized carbons (Fsp3) is 0.222. The second-order valence-corrected chi connectivity index (χ2v) is 7.76. The van der Waals surface area contributed by atoms with Gasteiger partial charge in [-0.05, 0) is 43.7 Å². The molecular formula is C18H21N3O3S. The molecule has 0 heterocycles. The first-order chi connectivity index (χ1) is 11.8. The van der Waals surface area contributed by atoms with Gasteiger partial charge in [0.1, 0.15) is 0 Å². The summed E-state index contributed by atoms with van der Waals surface area (Å²) in [4.78, 5) is 12.1. The van der Waals surface area contributed by atoms with E-state index in [1.54, 1.807) is 19.1 Å². The van der Waals surface area contributed by atoms with Gasteiger partial charge in [0, 0.05) is 11.9 Å². The molecule has 25 heavy (non-hydrogen) atoms. The molecule has 2 aromatic rings. The summed E-state index contributed by atoms with van der Waals surface area (Å²) in [6, 6.07) is 14.1. The SMILES string of the molecule is C/C(=N\NC(=O)CNc1ccc(C)cc1)c1ccc(S(C)(=O)=O)cc1. The molecule has 0 saturated carbocycles. The minimum Gasteiger partial charge on any atom is -0.376 e. The van der Waals surface area contributed by atoms with Gasteiger partial charge in [-0.1, -0.05) is 29.8 Å². The van der Waals surface area contributed by atoms with Crippen molar-refractivity contribution in [2.24, 2.45) is 5.10 Å². The van der Waals surface area contributed by atoms with Crippen molar-refractivity contribution in [1.29, 1.82) is 0 Å². The fourth-order valence-electron chi connectivity index (χ4n) is 2.05. The minimum absolute atomic E-state index is 0.104. The molecule has 6 nitrogen and oxygen atoms in total. The maximum atomic E-state index is 11.8. The molecule has 132 valence electrons. The Morgan fingerprint density at radius 1 is 1.04 bits per heavy atom. The van der Waals surface area contributed by atoms with Crippen molar-refractivity contribution in [2.45, 2.75) is 18.7 Å². The summed E-state index contributed by atoms with van der Waals surface area (Å²) < 4.78 is 22.9. The molecule has 2 N–H and O–H groups in total. The number of hydrogen-bond donors (Lipinski definition) is 2. The third-order valence-electron chi connectivity index (χ3n) is 3.55. The highest BCUT2D eigenvalue weighted by atomic mass is 32.2. The van der Waals surface area contributed by atoms with Crippen LogP contribution in [-0.4, -0.2) is 32.8 Å². The number of rotatable bonds is 6. The first kappa shape index (κ1) is 18.7. The van der Waals surface area contributed by atoms with Crippen LogP contribution in [0.1, 0.15) is 18.1 Å². The van der Waals surface area contributed by atoms with Crippen LogP contribution in [0.4, 0.5) is 5.69 Å². The topological polar surface area (TPSA) is 87.6 Å². The third-order valence-corrected chi connectivity index (χ3v) is 4.68. The molecule has 0 fully saturated rings. The van der Waals surface area contributed by atoms with E-state index in [0.717, 1.165) is 23.1 Å². The number of carbonyl (C=O) groups is 1. The predicted molar refractivity (Wildman–Crippen MR) is 99.6 cm³/mol. The van der Waals surface area contributed by atoms with E-state index >= 15 is 0 Å². The van der Waals surface area contributed by atoms with Crippen LogP contribution in [-0.2, 0) is 14.6 Å². The molecule has 2 rings (SSSR count). The lowest BCUT2D eigenvalue weighted by atomic mass is 10.1. The van der Waals surface area contributed by atoms with Crippen molar-refractivity contribution >= 4 is 27.1 Å². The maximum Gasteiger partial charge on any atom is 0.259 e. The molecule has 0 spiro atoms. The fourth-order valence-corrected chi connectivity index (χ4v) is 2.68. The van der Waals surface area contributed by atoms with Crippen LogP contribution in [0.25, 0.3) is 0 Å². The average molecular weight is 359 g/mol. The van der Waals surface area contributed by atoms with Crippen molar-refractivity contribution in [2.75, 3.05) is 18.1 Å². The Hall–Kier alpha value is -2.67. The van der Waals surface area contributed by atoms with Crippen LogP contribution in [0.3, 0.4) is 0 Å². The van der Waals surface area contributed by atoms with Gasteiger partial charge in [0.25, 0.3) is 5.91 Å². The highest BCUT2D eigenvalue weighted by Gasteiger charge is 2.07. The first-order valence-corrected chi connectivity index (χ1v) is 9.59. The number of nitrogens with zero attached hydrogens (tertiary/aromatic N) is 1. The van der Waals surface area contributed by atoms with Crippen molar-refractivity contribution in [1.82, 2.24) is 5.43 Å². The van der Waals surface area contributed by atoms with E-state index in [-0.39, 0.29) is 17.3 Å². The third kappa shape index (κ3) is 5.72. The van der Waals surface area contributed by atoms with E-state index in [2.05, 4.69) is 15.8 Å². The highest BCUT2D eigenvalue weighted by molar-refractivity contribution is 7.90. The van der Waals surface area contributed by atoms with Crippen LogP contribution >= 0.6 is 0 Å². The number of hydrogen-bond acceptors (Lipinski definition) is 5. The summed E-state index contributed by atoms with van der Waals surface area (Å²) in [5.74, 6) is -0.271. The highest BCUT2D eigenvalue weighted by Crippen LogP contribution is 2.11. The summed E-state index contributed by atoms with van der Waals surface area (Å²) in [6.45, 7) is 3.84. The predicted octanol–water partition coefficient (Wildman–Crippen LogP) is 2.35. The Morgan fingerprint density at radius 2 is 1.64 bits per heavy atom. The summed E-state index contributed by atoms with van der Waals surface area (Å²) in [6.07, 6.45) is 1.16. The maximum absolute atomic E-state index is 11.8. The van der Waals surface area contributed by atoms with Crippen molar-refractivity contribution in [3.8, 4) is 0 Å². The van der Waals surface area contributed by atoms with E-state index in [0.29, 0.717) is 5.71 Å². The van der Waals surface area contributed by atoms with Gasteiger partial charge >= 0.3 is 0 Å². The summed E-state index contributed by atoms with van der Waals surface area (Å²) in [7, 11) is -3.23. The molecule has 0 aliphatic rings. The first-order valence-electron chi connectivity index (χ1n) is 7.70. The van der Waals surface area contributed by atoms with Gasteiger partial charge in [0.15, 0.2) is 9.84 Å². The lowest BCUT2D eigenvalue weighted by Crippen LogP contribution is -2.26. The van der Waals surface area contributed by atoms with Crippen molar-refractivity contribution in [3.63, 3.8) is 0 Å². The van der Waals surface area contributed by atoms with Crippen LogP contribution in [0.2, 0.25) is 0 Å². The van der Waals surface area contributed by atoms with Gasteiger partial charge in [-0.2, -0.15) is 5.10 Å². The second-order valence-electron chi connectivity index (χ2n) is 5.75. The Morgan fingerprint density at radius 3 is 2.20 bits per heavy atom. The van der Waals surface area contributed by atoms with Gasteiger partial charge in [-0.3, -0.25) is 4.79 Å². The molecule has 0 aliphatic carbocycles. The monoisotopic (exact) mass is 359 g/mol. The van der Waals surface area contributed by atoms with E-state index in [1.165, 1.54) is 12.1 Å². The summed E-state index contributed by atoms with van der Waals surface area (Å²) in [5, 5.41) is 7.05. The largest absolute Gasteiger partial charge is 0.376 e. The normalized spacial score (nSPS) is 11.9. The molecule has 0 bridgehead atoms. The van der Waals surface area contributed by atoms with Crippen molar-refractivity contribution in [3.05, 3.63) is 59.7 Å². The number of benzene rings is 2. The van der Waals surface area contributed by atoms with Gasteiger partial charge < -0.3 is 5.32 Å². The number of anilines is 1. The molecule has 1 amide bonds. The Kier molecular flexibility index (Phi) is 5.93. The number of sulfone groups is 1. The van der Waals surface area contributed by atoms with E-state index in [1.807, 2.05) is 31.2 Å². The zero-order valence-electron chi connectivity index (χ0n) is 14.4. The minimum atomic E-state index is -3.23. The van der Waals surface area contributed by atoms with Gasteiger partial charge in [0.2, 0.25) is 0 Å². The molecule has 0 atom stereocenters. The van der Waals surface area contributed by atoms with Gasteiger partial charge in [0.05, 0.1) is 17.2 Å². The summed E-state index contributed by atoms with van der Waals surface area (Å²) >= 11 is 0. The van der Waals surface area contributed by atoms with E-state index in [9.17, 15) is 13.2 Å². The van der Waals surface area contributed by atoms with Crippen LogP contribution < -0.4 is 10.7 Å². The number of hydrazone groups is 1. The molecule has 0 aliphatic heterocycles. The molecule has 0 aromatic heterocycles.